The Morgan fingerprint density at radius 2 is 2.00 bits per heavy atom. The molecule has 0 spiro atoms. The molecule has 92 valence electrons. The molecule has 0 unspecified atom stereocenters. The van der Waals surface area contributed by atoms with Gasteiger partial charge in [0.25, 0.3) is 0 Å². The van der Waals surface area contributed by atoms with Crippen molar-refractivity contribution in [1.82, 2.24) is 0 Å². The first-order valence-electron chi connectivity index (χ1n) is 4.97. The van der Waals surface area contributed by atoms with Crippen LogP contribution in [-0.2, 0) is 0 Å². The zero-order valence-electron chi connectivity index (χ0n) is 8.95. The molecule has 0 fully saturated rings. The van der Waals surface area contributed by atoms with Crippen LogP contribution in [0.5, 0.6) is 5.75 Å². The fourth-order valence-electron chi connectivity index (χ4n) is 1.63. The molecule has 0 aliphatic carbocycles. The van der Waals surface area contributed by atoms with Gasteiger partial charge in [-0.05, 0) is 34.1 Å². The van der Waals surface area contributed by atoms with Crippen LogP contribution in [0.4, 0.5) is 4.39 Å². The summed E-state index contributed by atoms with van der Waals surface area (Å²) in [5.74, 6) is -0.754. The normalized spacial score (nSPS) is 10.4. The van der Waals surface area contributed by atoms with Gasteiger partial charge in [-0.2, -0.15) is 0 Å². The SMILES string of the molecule is O=Cc1ccc(-c2c(O)cccc2Cl)c(F)c1Br. The van der Waals surface area contributed by atoms with Gasteiger partial charge in [-0.25, -0.2) is 4.39 Å². The molecule has 0 radical (unpaired) electrons. The number of carbonyl (C=O) groups excluding carboxylic acids is 1. The van der Waals surface area contributed by atoms with Crippen LogP contribution in [-0.4, -0.2) is 11.4 Å². The molecule has 0 aliphatic heterocycles. The summed E-state index contributed by atoms with van der Waals surface area (Å²) in [7, 11) is 0. The summed E-state index contributed by atoms with van der Waals surface area (Å²) >= 11 is 8.96. The van der Waals surface area contributed by atoms with Crippen molar-refractivity contribution in [2.24, 2.45) is 0 Å². The molecule has 0 saturated carbocycles. The number of phenols is 1. The molecule has 0 aliphatic rings. The number of hydrogen-bond donors (Lipinski definition) is 1. The Balaban J connectivity index is 2.73. The maximum absolute atomic E-state index is 14.1. The molecule has 2 nitrogen and oxygen atoms in total. The number of benzene rings is 2. The van der Waals surface area contributed by atoms with Crippen LogP contribution in [0, 0.1) is 5.82 Å². The lowest BCUT2D eigenvalue weighted by atomic mass is 10.0. The predicted octanol–water partition coefficient (Wildman–Crippen LogP) is 4.43. The molecule has 2 rings (SSSR count). The van der Waals surface area contributed by atoms with Crippen molar-refractivity contribution >= 4 is 33.8 Å². The summed E-state index contributed by atoms with van der Waals surface area (Å²) in [6, 6.07) is 7.40. The van der Waals surface area contributed by atoms with Gasteiger partial charge in [0, 0.05) is 16.7 Å². The van der Waals surface area contributed by atoms with Crippen LogP contribution in [0.15, 0.2) is 34.8 Å². The van der Waals surface area contributed by atoms with Gasteiger partial charge in [-0.15, -0.1) is 0 Å². The summed E-state index contributed by atoms with van der Waals surface area (Å²) < 4.78 is 14.2. The van der Waals surface area contributed by atoms with E-state index in [9.17, 15) is 14.3 Å². The number of phenolic OH excluding ortho intramolecular Hbond substituents is 1. The van der Waals surface area contributed by atoms with Gasteiger partial charge < -0.3 is 5.11 Å². The zero-order chi connectivity index (χ0) is 13.3. The fourth-order valence-corrected chi connectivity index (χ4v) is 2.34. The second-order valence-electron chi connectivity index (χ2n) is 3.58. The van der Waals surface area contributed by atoms with Crippen molar-refractivity contribution in [2.45, 2.75) is 0 Å². The number of hydrogen-bond acceptors (Lipinski definition) is 2. The van der Waals surface area contributed by atoms with Gasteiger partial charge in [0.15, 0.2) is 6.29 Å². The third kappa shape index (κ3) is 2.13. The summed E-state index contributed by atoms with van der Waals surface area (Å²) in [4.78, 5) is 10.7. The average Bonchev–Trinajstić information content (AvgIpc) is 2.34. The van der Waals surface area contributed by atoms with E-state index in [-0.39, 0.29) is 31.9 Å². The molecule has 0 amide bonds. The van der Waals surface area contributed by atoms with Crippen LogP contribution in [0.25, 0.3) is 11.1 Å². The van der Waals surface area contributed by atoms with Crippen LogP contribution in [0.3, 0.4) is 0 Å². The largest absolute Gasteiger partial charge is 0.507 e. The number of aldehydes is 1. The minimum atomic E-state index is -0.636. The molecule has 1 N–H and O–H groups in total. The maximum Gasteiger partial charge on any atom is 0.151 e. The minimum Gasteiger partial charge on any atom is -0.507 e. The first-order valence-corrected chi connectivity index (χ1v) is 6.14. The maximum atomic E-state index is 14.1. The van der Waals surface area contributed by atoms with Crippen molar-refractivity contribution in [3.8, 4) is 16.9 Å². The average molecular weight is 330 g/mol. The first-order chi connectivity index (χ1) is 8.56. The van der Waals surface area contributed by atoms with Crippen LogP contribution >= 0.6 is 27.5 Å². The van der Waals surface area contributed by atoms with Crippen molar-refractivity contribution in [2.75, 3.05) is 0 Å². The third-order valence-corrected chi connectivity index (χ3v) is 3.62. The Bertz CT molecular complexity index is 608. The van der Waals surface area contributed by atoms with E-state index in [0.717, 1.165) is 0 Å². The predicted molar refractivity (Wildman–Crippen MR) is 71.6 cm³/mol. The van der Waals surface area contributed by atoms with E-state index < -0.39 is 5.82 Å². The highest BCUT2D eigenvalue weighted by Crippen LogP contribution is 2.39. The number of rotatable bonds is 2. The molecule has 0 aromatic heterocycles. The number of halogens is 3. The molecule has 0 saturated heterocycles. The second-order valence-corrected chi connectivity index (χ2v) is 4.78. The number of carbonyl (C=O) groups is 1. The summed E-state index contributed by atoms with van der Waals surface area (Å²) in [5.41, 5.74) is 0.535. The minimum absolute atomic E-state index is 0.0503. The van der Waals surface area contributed by atoms with E-state index in [1.807, 2.05) is 0 Å². The summed E-state index contributed by atoms with van der Waals surface area (Å²) in [6.07, 6.45) is 0.545. The van der Waals surface area contributed by atoms with Gasteiger partial charge in [0.2, 0.25) is 0 Å². The highest BCUT2D eigenvalue weighted by molar-refractivity contribution is 9.10. The Kier molecular flexibility index (Phi) is 3.68. The molecule has 2 aromatic rings. The lowest BCUT2D eigenvalue weighted by Gasteiger charge is -2.10. The Morgan fingerprint density at radius 1 is 1.28 bits per heavy atom. The highest BCUT2D eigenvalue weighted by atomic mass is 79.9. The van der Waals surface area contributed by atoms with E-state index in [1.54, 1.807) is 12.1 Å². The smallest absolute Gasteiger partial charge is 0.151 e. The van der Waals surface area contributed by atoms with Gasteiger partial charge in [-0.1, -0.05) is 23.7 Å². The third-order valence-electron chi connectivity index (χ3n) is 2.50. The fraction of sp³-hybridized carbons (Fsp3) is 0. The molecule has 0 atom stereocenters. The van der Waals surface area contributed by atoms with E-state index in [1.165, 1.54) is 18.2 Å². The molecule has 5 heteroatoms. The van der Waals surface area contributed by atoms with Gasteiger partial charge >= 0.3 is 0 Å². The zero-order valence-corrected chi connectivity index (χ0v) is 11.3. The standard InChI is InChI=1S/C13H7BrClFO2/c14-12-7(6-17)4-5-8(13(12)16)11-9(15)2-1-3-10(11)18/h1-6,18H. The van der Waals surface area contributed by atoms with Crippen LogP contribution in [0.1, 0.15) is 10.4 Å². The molecule has 0 bridgehead atoms. The topological polar surface area (TPSA) is 37.3 Å². The van der Waals surface area contributed by atoms with Gasteiger partial charge in [-0.3, -0.25) is 4.79 Å². The van der Waals surface area contributed by atoms with Crippen LogP contribution < -0.4 is 0 Å². The summed E-state index contributed by atoms with van der Waals surface area (Å²) in [6.45, 7) is 0. The van der Waals surface area contributed by atoms with E-state index in [0.29, 0.717) is 6.29 Å². The Labute approximate surface area is 116 Å². The molecule has 2 aromatic carbocycles. The van der Waals surface area contributed by atoms with E-state index in [4.69, 9.17) is 11.6 Å². The molecular formula is C13H7BrClFO2. The summed E-state index contributed by atoms with van der Waals surface area (Å²) in [5, 5.41) is 9.99. The van der Waals surface area contributed by atoms with Gasteiger partial charge in [0.1, 0.15) is 11.6 Å². The Morgan fingerprint density at radius 3 is 2.61 bits per heavy atom. The quantitative estimate of drug-likeness (QED) is 0.828. The second kappa shape index (κ2) is 5.08. The molecular weight excluding hydrogens is 322 g/mol. The molecule has 18 heavy (non-hydrogen) atoms. The van der Waals surface area contributed by atoms with Gasteiger partial charge in [0.05, 0.1) is 9.50 Å². The molecule has 0 heterocycles. The van der Waals surface area contributed by atoms with Crippen molar-refractivity contribution < 1.29 is 14.3 Å². The van der Waals surface area contributed by atoms with Crippen molar-refractivity contribution in [3.63, 3.8) is 0 Å². The monoisotopic (exact) mass is 328 g/mol. The lowest BCUT2D eigenvalue weighted by molar-refractivity contribution is 0.112. The van der Waals surface area contributed by atoms with Crippen LogP contribution in [0.2, 0.25) is 5.02 Å². The highest BCUT2D eigenvalue weighted by Gasteiger charge is 2.17. The Hall–Kier alpha value is -1.39. The first kappa shape index (κ1) is 13.1. The van der Waals surface area contributed by atoms with Crippen molar-refractivity contribution in [3.05, 3.63) is 51.2 Å². The number of aromatic hydroxyl groups is 1. The lowest BCUT2D eigenvalue weighted by Crippen LogP contribution is -1.92. The van der Waals surface area contributed by atoms with E-state index in [2.05, 4.69) is 15.9 Å². The van der Waals surface area contributed by atoms with E-state index >= 15 is 0 Å². The van der Waals surface area contributed by atoms with Crippen molar-refractivity contribution in [1.29, 1.82) is 0 Å².